The largest absolute Gasteiger partial charge is 0.443 e. The average molecular weight is 348 g/mol. The average Bonchev–Trinajstić information content (AvgIpc) is 2.48. The number of hydrogen-bond donors (Lipinski definition) is 1. The van der Waals surface area contributed by atoms with E-state index in [0.29, 0.717) is 26.9 Å². The summed E-state index contributed by atoms with van der Waals surface area (Å²) in [5.74, 6) is -0.164. The zero-order valence-corrected chi connectivity index (χ0v) is 14.5. The molecule has 0 saturated heterocycles. The molecular weight excluding hydrogens is 333 g/mol. The number of allylic oxidation sites excluding steroid dienone is 3. The van der Waals surface area contributed by atoms with E-state index in [9.17, 15) is 10.5 Å². The van der Waals surface area contributed by atoms with Crippen LogP contribution >= 0.6 is 23.2 Å². The molecule has 1 heterocycles. The van der Waals surface area contributed by atoms with Gasteiger partial charge in [-0.2, -0.15) is 10.5 Å². The SMILES string of the molecule is CC(C)(C)C1=C(C#N)C(c2ccc(Cl)c(Cl)c2)C(C#N)=C(N)O1. The quantitative estimate of drug-likeness (QED) is 0.802. The third-order valence-corrected chi connectivity index (χ3v) is 4.24. The molecule has 1 atom stereocenters. The van der Waals surface area contributed by atoms with E-state index in [1.807, 2.05) is 26.8 Å². The summed E-state index contributed by atoms with van der Waals surface area (Å²) >= 11 is 12.0. The molecule has 23 heavy (non-hydrogen) atoms. The zero-order valence-electron chi connectivity index (χ0n) is 12.9. The van der Waals surface area contributed by atoms with Crippen LogP contribution in [-0.4, -0.2) is 0 Å². The van der Waals surface area contributed by atoms with Crippen molar-refractivity contribution < 1.29 is 4.74 Å². The van der Waals surface area contributed by atoms with Gasteiger partial charge in [0.1, 0.15) is 17.4 Å². The zero-order chi connectivity index (χ0) is 17.4. The number of benzene rings is 1. The smallest absolute Gasteiger partial charge is 0.205 e. The lowest BCUT2D eigenvalue weighted by Crippen LogP contribution is -2.26. The van der Waals surface area contributed by atoms with E-state index in [4.69, 9.17) is 33.7 Å². The van der Waals surface area contributed by atoms with Crippen LogP contribution in [0.3, 0.4) is 0 Å². The highest BCUT2D eigenvalue weighted by molar-refractivity contribution is 6.42. The Morgan fingerprint density at radius 1 is 1.09 bits per heavy atom. The third kappa shape index (κ3) is 3.15. The van der Waals surface area contributed by atoms with Crippen molar-refractivity contribution in [3.63, 3.8) is 0 Å². The number of ether oxygens (including phenoxy) is 1. The van der Waals surface area contributed by atoms with Crippen molar-refractivity contribution in [2.24, 2.45) is 11.1 Å². The molecule has 2 N–H and O–H groups in total. The summed E-state index contributed by atoms with van der Waals surface area (Å²) in [6.07, 6.45) is 0. The molecule has 2 rings (SSSR count). The highest BCUT2D eigenvalue weighted by Gasteiger charge is 2.37. The van der Waals surface area contributed by atoms with Crippen LogP contribution in [0.1, 0.15) is 32.3 Å². The van der Waals surface area contributed by atoms with Gasteiger partial charge in [0.2, 0.25) is 5.88 Å². The van der Waals surface area contributed by atoms with E-state index in [1.165, 1.54) is 0 Å². The second-order valence-corrected chi connectivity index (χ2v) is 7.02. The maximum Gasteiger partial charge on any atom is 0.205 e. The molecule has 0 saturated carbocycles. The van der Waals surface area contributed by atoms with Gasteiger partial charge in [-0.05, 0) is 17.7 Å². The van der Waals surface area contributed by atoms with E-state index in [0.717, 1.165) is 0 Å². The molecular formula is C17H15Cl2N3O. The van der Waals surface area contributed by atoms with E-state index >= 15 is 0 Å². The molecule has 118 valence electrons. The molecule has 1 aliphatic heterocycles. The standard InChI is InChI=1S/C17H15Cl2N3O/c1-17(2,3)15-10(7-20)14(11(8-21)16(22)23-15)9-4-5-12(18)13(19)6-9/h4-6,14H,22H2,1-3H3. The lowest BCUT2D eigenvalue weighted by Gasteiger charge is -2.32. The third-order valence-electron chi connectivity index (χ3n) is 3.50. The molecule has 1 unspecified atom stereocenters. The maximum absolute atomic E-state index is 9.66. The van der Waals surface area contributed by atoms with Gasteiger partial charge < -0.3 is 10.5 Å². The van der Waals surface area contributed by atoms with Gasteiger partial charge in [-0.3, -0.25) is 0 Å². The summed E-state index contributed by atoms with van der Waals surface area (Å²) in [5, 5.41) is 19.9. The first-order valence-electron chi connectivity index (χ1n) is 6.88. The van der Waals surface area contributed by atoms with Crippen molar-refractivity contribution in [2.45, 2.75) is 26.7 Å². The lowest BCUT2D eigenvalue weighted by atomic mass is 9.79. The Morgan fingerprint density at radius 3 is 2.17 bits per heavy atom. The molecule has 6 heteroatoms. The van der Waals surface area contributed by atoms with Gasteiger partial charge in [0.15, 0.2) is 0 Å². The summed E-state index contributed by atoms with van der Waals surface area (Å²) in [6, 6.07) is 9.21. The van der Waals surface area contributed by atoms with Crippen LogP contribution in [0.4, 0.5) is 0 Å². The number of hydrogen-bond acceptors (Lipinski definition) is 4. The van der Waals surface area contributed by atoms with Gasteiger partial charge in [-0.1, -0.05) is 50.0 Å². The van der Waals surface area contributed by atoms with Crippen LogP contribution in [-0.2, 0) is 4.74 Å². The Bertz CT molecular complexity index is 805. The van der Waals surface area contributed by atoms with E-state index < -0.39 is 11.3 Å². The Labute approximate surface area is 145 Å². The summed E-state index contributed by atoms with van der Waals surface area (Å²) in [6.45, 7) is 5.74. The lowest BCUT2D eigenvalue weighted by molar-refractivity contribution is 0.199. The van der Waals surface area contributed by atoms with Gasteiger partial charge in [-0.15, -0.1) is 0 Å². The van der Waals surface area contributed by atoms with Gasteiger partial charge in [0.25, 0.3) is 0 Å². The van der Waals surface area contributed by atoms with E-state index in [1.54, 1.807) is 18.2 Å². The molecule has 0 aromatic heterocycles. The first-order valence-corrected chi connectivity index (χ1v) is 7.63. The minimum atomic E-state index is -0.622. The Morgan fingerprint density at radius 2 is 1.70 bits per heavy atom. The summed E-state index contributed by atoms with van der Waals surface area (Å²) in [4.78, 5) is 0. The maximum atomic E-state index is 9.66. The second kappa shape index (κ2) is 6.16. The Hall–Kier alpha value is -2.14. The first-order chi connectivity index (χ1) is 10.7. The predicted octanol–water partition coefficient (Wildman–Crippen LogP) is 4.62. The van der Waals surface area contributed by atoms with Crippen LogP contribution < -0.4 is 5.73 Å². The van der Waals surface area contributed by atoms with Crippen LogP contribution in [0, 0.1) is 28.1 Å². The molecule has 1 aliphatic rings. The number of nitrogens with zero attached hydrogens (tertiary/aromatic N) is 2. The highest BCUT2D eigenvalue weighted by atomic mass is 35.5. The van der Waals surface area contributed by atoms with Crippen LogP contribution in [0.2, 0.25) is 10.0 Å². The summed E-state index contributed by atoms with van der Waals surface area (Å²) in [5.41, 5.74) is 6.69. The topological polar surface area (TPSA) is 82.8 Å². The van der Waals surface area contributed by atoms with Crippen molar-refractivity contribution >= 4 is 23.2 Å². The van der Waals surface area contributed by atoms with Crippen molar-refractivity contribution in [1.82, 2.24) is 0 Å². The predicted molar refractivity (Wildman–Crippen MR) is 89.2 cm³/mol. The molecule has 0 amide bonds. The molecule has 0 fully saturated rings. The van der Waals surface area contributed by atoms with Crippen molar-refractivity contribution in [1.29, 1.82) is 10.5 Å². The summed E-state index contributed by atoms with van der Waals surface area (Å²) < 4.78 is 5.60. The second-order valence-electron chi connectivity index (χ2n) is 6.20. The fourth-order valence-corrected chi connectivity index (χ4v) is 2.76. The molecule has 0 aliphatic carbocycles. The fourth-order valence-electron chi connectivity index (χ4n) is 2.45. The van der Waals surface area contributed by atoms with Crippen LogP contribution in [0.5, 0.6) is 0 Å². The van der Waals surface area contributed by atoms with Crippen molar-refractivity contribution in [2.75, 3.05) is 0 Å². The number of nitrogens with two attached hydrogens (primary N) is 1. The fraction of sp³-hybridized carbons (Fsp3) is 0.294. The minimum Gasteiger partial charge on any atom is -0.443 e. The molecule has 1 aromatic carbocycles. The number of halogens is 2. The van der Waals surface area contributed by atoms with Gasteiger partial charge in [-0.25, -0.2) is 0 Å². The summed E-state index contributed by atoms with van der Waals surface area (Å²) in [7, 11) is 0. The van der Waals surface area contributed by atoms with Gasteiger partial charge in [0, 0.05) is 5.41 Å². The number of rotatable bonds is 1. The monoisotopic (exact) mass is 347 g/mol. The molecule has 0 bridgehead atoms. The Kier molecular flexibility index (Phi) is 4.61. The number of nitriles is 2. The van der Waals surface area contributed by atoms with Crippen molar-refractivity contribution in [3.05, 3.63) is 56.6 Å². The van der Waals surface area contributed by atoms with Crippen molar-refractivity contribution in [3.8, 4) is 12.1 Å². The van der Waals surface area contributed by atoms with E-state index in [-0.39, 0.29) is 11.5 Å². The van der Waals surface area contributed by atoms with Crippen LogP contribution in [0.25, 0.3) is 0 Å². The molecule has 4 nitrogen and oxygen atoms in total. The van der Waals surface area contributed by atoms with Gasteiger partial charge >= 0.3 is 0 Å². The molecule has 1 aromatic rings. The molecule has 0 radical (unpaired) electrons. The van der Waals surface area contributed by atoms with E-state index in [2.05, 4.69) is 6.07 Å². The van der Waals surface area contributed by atoms with Gasteiger partial charge in [0.05, 0.1) is 27.6 Å². The normalized spacial score (nSPS) is 18.3. The minimum absolute atomic E-state index is 0.00694. The highest BCUT2D eigenvalue weighted by Crippen LogP contribution is 2.44. The first kappa shape index (κ1) is 17.2. The molecule has 0 spiro atoms. The van der Waals surface area contributed by atoms with Crippen LogP contribution in [0.15, 0.2) is 41.0 Å². The Balaban J connectivity index is 2.74.